The Balaban J connectivity index is 1.68. The number of ether oxygens (including phenoxy) is 1. The van der Waals surface area contributed by atoms with Crippen LogP contribution >= 0.6 is 0 Å². The Hall–Kier alpha value is -3.40. The molecule has 4 nitrogen and oxygen atoms in total. The van der Waals surface area contributed by atoms with Crippen LogP contribution in [0.25, 0.3) is 0 Å². The number of benzene rings is 3. The van der Waals surface area contributed by atoms with Gasteiger partial charge in [0.2, 0.25) is 5.91 Å². The lowest BCUT2D eigenvalue weighted by Crippen LogP contribution is -2.53. The molecule has 0 radical (unpaired) electrons. The first-order valence-electron chi connectivity index (χ1n) is 9.41. The highest BCUT2D eigenvalue weighted by atomic mass is 16.5. The molecule has 0 N–H and O–H groups in total. The predicted molar refractivity (Wildman–Crippen MR) is 108 cm³/mol. The van der Waals surface area contributed by atoms with Crippen molar-refractivity contribution in [3.63, 3.8) is 0 Å². The van der Waals surface area contributed by atoms with Gasteiger partial charge < -0.3 is 9.64 Å². The number of rotatable bonds is 5. The van der Waals surface area contributed by atoms with E-state index in [1.807, 2.05) is 65.6 Å². The summed E-state index contributed by atoms with van der Waals surface area (Å²) in [6, 6.07) is 26.9. The van der Waals surface area contributed by atoms with E-state index in [1.54, 1.807) is 31.2 Å². The zero-order chi connectivity index (χ0) is 19.5. The third-order valence-corrected chi connectivity index (χ3v) is 5.05. The topological polar surface area (TPSA) is 46.6 Å². The molecule has 1 saturated heterocycles. The summed E-state index contributed by atoms with van der Waals surface area (Å²) >= 11 is 0. The molecule has 0 bridgehead atoms. The van der Waals surface area contributed by atoms with Crippen LogP contribution in [0.3, 0.4) is 0 Å². The van der Waals surface area contributed by atoms with E-state index < -0.39 is 0 Å². The molecule has 4 rings (SSSR count). The molecule has 4 heteroatoms. The Morgan fingerprint density at radius 1 is 0.857 bits per heavy atom. The summed E-state index contributed by atoms with van der Waals surface area (Å²) < 4.78 is 5.04. The minimum Gasteiger partial charge on any atom is -0.462 e. The molecule has 2 atom stereocenters. The summed E-state index contributed by atoms with van der Waals surface area (Å²) in [5, 5.41) is 0. The van der Waals surface area contributed by atoms with Crippen molar-refractivity contribution in [2.24, 2.45) is 0 Å². The van der Waals surface area contributed by atoms with Crippen LogP contribution in [-0.2, 0) is 9.53 Å². The zero-order valence-electron chi connectivity index (χ0n) is 15.6. The Bertz CT molecular complexity index is 968. The van der Waals surface area contributed by atoms with E-state index in [1.165, 1.54) is 0 Å². The number of carbonyl (C=O) groups excluding carboxylic acids is 2. The molecule has 1 aliphatic heterocycles. The minimum atomic E-state index is -0.356. The quantitative estimate of drug-likeness (QED) is 0.481. The number of hydrogen-bond acceptors (Lipinski definition) is 3. The van der Waals surface area contributed by atoms with Crippen molar-refractivity contribution in [2.45, 2.75) is 18.9 Å². The largest absolute Gasteiger partial charge is 0.462 e. The summed E-state index contributed by atoms with van der Waals surface area (Å²) in [7, 11) is 0. The lowest BCUT2D eigenvalue weighted by atomic mass is 9.77. The summed E-state index contributed by atoms with van der Waals surface area (Å²) in [6.45, 7) is 2.11. The number of anilines is 1. The molecule has 0 spiro atoms. The van der Waals surface area contributed by atoms with Crippen LogP contribution in [-0.4, -0.2) is 18.5 Å². The number of β-lactam (4-membered cyclic amide) rings is 1. The third kappa shape index (κ3) is 3.18. The molecule has 0 aromatic heterocycles. The maximum Gasteiger partial charge on any atom is 0.338 e. The van der Waals surface area contributed by atoms with E-state index in [0.29, 0.717) is 12.2 Å². The van der Waals surface area contributed by atoms with Crippen LogP contribution < -0.4 is 4.90 Å². The first kappa shape index (κ1) is 18.0. The predicted octanol–water partition coefficient (Wildman–Crippen LogP) is 4.74. The second-order valence-electron chi connectivity index (χ2n) is 6.72. The van der Waals surface area contributed by atoms with Gasteiger partial charge in [0.1, 0.15) is 0 Å². The molecular weight excluding hydrogens is 350 g/mol. The Morgan fingerprint density at radius 3 is 2.00 bits per heavy atom. The van der Waals surface area contributed by atoms with Crippen LogP contribution in [0, 0.1) is 0 Å². The first-order chi connectivity index (χ1) is 13.7. The molecule has 1 fully saturated rings. The average Bonchev–Trinajstić information content (AvgIpc) is 2.74. The van der Waals surface area contributed by atoms with Gasteiger partial charge in [-0.15, -0.1) is 0 Å². The zero-order valence-corrected chi connectivity index (χ0v) is 15.6. The highest BCUT2D eigenvalue weighted by Gasteiger charge is 2.49. The first-order valence-corrected chi connectivity index (χ1v) is 9.41. The maximum absolute atomic E-state index is 13.1. The number of carbonyl (C=O) groups is 2. The second kappa shape index (κ2) is 7.69. The number of esters is 1. The van der Waals surface area contributed by atoms with Gasteiger partial charge in [-0.2, -0.15) is 0 Å². The van der Waals surface area contributed by atoms with Crippen molar-refractivity contribution in [3.8, 4) is 0 Å². The van der Waals surface area contributed by atoms with E-state index in [0.717, 1.165) is 16.8 Å². The molecule has 3 aromatic carbocycles. The van der Waals surface area contributed by atoms with Crippen molar-refractivity contribution >= 4 is 17.6 Å². The highest BCUT2D eigenvalue weighted by molar-refractivity contribution is 6.07. The van der Waals surface area contributed by atoms with Crippen LogP contribution in [0.4, 0.5) is 5.69 Å². The second-order valence-corrected chi connectivity index (χ2v) is 6.72. The summed E-state index contributed by atoms with van der Waals surface area (Å²) in [5.41, 5.74) is 3.36. The van der Waals surface area contributed by atoms with Gasteiger partial charge >= 0.3 is 5.97 Å². The number of amides is 1. The summed E-state index contributed by atoms with van der Waals surface area (Å²) in [4.78, 5) is 26.8. The standard InChI is InChI=1S/C24H21NO3/c1-2-28-24(27)19-13-15-20(16-14-19)25-22(18-11-7-4-8-12-18)21(23(25)26)17-9-5-3-6-10-17/h3-16,21-22H,2H2,1H3. The molecule has 140 valence electrons. The van der Waals surface area contributed by atoms with E-state index in [9.17, 15) is 9.59 Å². The smallest absolute Gasteiger partial charge is 0.338 e. The molecule has 3 aromatic rings. The van der Waals surface area contributed by atoms with Gasteiger partial charge in [-0.25, -0.2) is 4.79 Å². The van der Waals surface area contributed by atoms with E-state index >= 15 is 0 Å². The fourth-order valence-corrected chi connectivity index (χ4v) is 3.73. The fourth-order valence-electron chi connectivity index (χ4n) is 3.73. The van der Waals surface area contributed by atoms with Crippen molar-refractivity contribution < 1.29 is 14.3 Å². The minimum absolute atomic E-state index is 0.0592. The monoisotopic (exact) mass is 371 g/mol. The van der Waals surface area contributed by atoms with Gasteiger partial charge in [-0.3, -0.25) is 4.79 Å². The Morgan fingerprint density at radius 2 is 1.43 bits per heavy atom. The van der Waals surface area contributed by atoms with Gasteiger partial charge in [-0.1, -0.05) is 60.7 Å². The van der Waals surface area contributed by atoms with Crippen LogP contribution in [0.2, 0.25) is 0 Å². The Kier molecular flexibility index (Phi) is 4.94. The van der Waals surface area contributed by atoms with Crippen molar-refractivity contribution in [1.29, 1.82) is 0 Å². The molecule has 0 saturated carbocycles. The fraction of sp³-hybridized carbons (Fsp3) is 0.167. The van der Waals surface area contributed by atoms with Gasteiger partial charge in [0, 0.05) is 5.69 Å². The van der Waals surface area contributed by atoms with Crippen LogP contribution in [0.15, 0.2) is 84.9 Å². The van der Waals surface area contributed by atoms with E-state index in [2.05, 4.69) is 0 Å². The van der Waals surface area contributed by atoms with Crippen molar-refractivity contribution in [3.05, 3.63) is 102 Å². The molecular formula is C24H21NO3. The molecule has 28 heavy (non-hydrogen) atoms. The third-order valence-electron chi connectivity index (χ3n) is 5.05. The Labute approximate surface area is 164 Å². The van der Waals surface area contributed by atoms with Gasteiger partial charge in [0.25, 0.3) is 0 Å². The van der Waals surface area contributed by atoms with Crippen LogP contribution in [0.5, 0.6) is 0 Å². The summed E-state index contributed by atoms with van der Waals surface area (Å²) in [6.07, 6.45) is 0. The van der Waals surface area contributed by atoms with E-state index in [-0.39, 0.29) is 23.8 Å². The maximum atomic E-state index is 13.1. The molecule has 1 amide bonds. The molecule has 0 aliphatic carbocycles. The van der Waals surface area contributed by atoms with E-state index in [4.69, 9.17) is 4.74 Å². The molecule has 1 heterocycles. The SMILES string of the molecule is CCOC(=O)c1ccc(N2C(=O)C(c3ccccc3)C2c2ccccc2)cc1. The van der Waals surface area contributed by atoms with Gasteiger partial charge in [0.15, 0.2) is 0 Å². The highest BCUT2D eigenvalue weighted by Crippen LogP contribution is 2.48. The number of hydrogen-bond donors (Lipinski definition) is 0. The number of nitrogens with zero attached hydrogens (tertiary/aromatic N) is 1. The lowest BCUT2D eigenvalue weighted by Gasteiger charge is -2.47. The summed E-state index contributed by atoms with van der Waals surface area (Å²) in [5.74, 6) is -0.511. The van der Waals surface area contributed by atoms with Crippen LogP contribution in [0.1, 0.15) is 40.4 Å². The van der Waals surface area contributed by atoms with Crippen molar-refractivity contribution in [2.75, 3.05) is 11.5 Å². The van der Waals surface area contributed by atoms with Gasteiger partial charge in [-0.05, 0) is 42.3 Å². The molecule has 1 aliphatic rings. The average molecular weight is 371 g/mol. The van der Waals surface area contributed by atoms with Gasteiger partial charge in [0.05, 0.1) is 24.1 Å². The molecule has 2 unspecified atom stereocenters. The lowest BCUT2D eigenvalue weighted by molar-refractivity contribution is -0.126. The van der Waals surface area contributed by atoms with Crippen molar-refractivity contribution in [1.82, 2.24) is 0 Å². The normalized spacial score (nSPS) is 18.5.